The molecular weight excluding hydrogens is 420 g/mol. The fourth-order valence-corrected chi connectivity index (χ4v) is 3.97. The number of aliphatic hydroxyl groups is 7. The van der Waals surface area contributed by atoms with Gasteiger partial charge in [0.1, 0.15) is 48.8 Å². The van der Waals surface area contributed by atoms with Crippen LogP contribution in [0.2, 0.25) is 18.1 Å². The molecular formula is C18H36O11Si. The molecule has 0 saturated carbocycles. The molecule has 12 heteroatoms. The van der Waals surface area contributed by atoms with Crippen molar-refractivity contribution in [3.05, 3.63) is 0 Å². The predicted octanol–water partition coefficient (Wildman–Crippen LogP) is -2.37. The van der Waals surface area contributed by atoms with Gasteiger partial charge < -0.3 is 54.4 Å². The molecule has 0 spiro atoms. The van der Waals surface area contributed by atoms with Crippen LogP contribution >= 0.6 is 0 Å². The maximum atomic E-state index is 10.3. The SMILES string of the molecule is CC(C)(C)[Si](C)(C)OC[C@@H]1O[C@@H](OC[C@@H]2O[C@@H](O)[C@H](O)[C@H](O)[C@H]2O)[C@H](O)[C@H](O)[C@H]1O. The van der Waals surface area contributed by atoms with Crippen molar-refractivity contribution >= 4 is 8.32 Å². The van der Waals surface area contributed by atoms with Gasteiger partial charge in [-0.25, -0.2) is 0 Å². The summed E-state index contributed by atoms with van der Waals surface area (Å²) in [4.78, 5) is 0. The maximum Gasteiger partial charge on any atom is 0.192 e. The van der Waals surface area contributed by atoms with E-state index in [9.17, 15) is 35.7 Å². The van der Waals surface area contributed by atoms with Gasteiger partial charge >= 0.3 is 0 Å². The molecule has 0 aromatic heterocycles. The average Bonchev–Trinajstić information content (AvgIpc) is 2.65. The molecule has 7 N–H and O–H groups in total. The molecule has 2 saturated heterocycles. The first-order valence-electron chi connectivity index (χ1n) is 10.0. The van der Waals surface area contributed by atoms with Crippen LogP contribution in [-0.4, -0.2) is 119 Å². The number of hydrogen-bond acceptors (Lipinski definition) is 11. The van der Waals surface area contributed by atoms with Gasteiger partial charge in [0.2, 0.25) is 0 Å². The summed E-state index contributed by atoms with van der Waals surface area (Å²) in [5, 5.41) is 69.4. The van der Waals surface area contributed by atoms with Crippen molar-refractivity contribution < 1.29 is 54.4 Å². The molecule has 0 aromatic carbocycles. The smallest absolute Gasteiger partial charge is 0.192 e. The molecule has 2 rings (SSSR count). The van der Waals surface area contributed by atoms with E-state index in [4.69, 9.17) is 18.6 Å². The Morgan fingerprint density at radius 1 is 0.700 bits per heavy atom. The van der Waals surface area contributed by atoms with Gasteiger partial charge in [-0.2, -0.15) is 0 Å². The van der Waals surface area contributed by atoms with Crippen molar-refractivity contribution in [3.63, 3.8) is 0 Å². The summed E-state index contributed by atoms with van der Waals surface area (Å²) in [7, 11) is -2.16. The largest absolute Gasteiger partial charge is 0.414 e. The van der Waals surface area contributed by atoms with Gasteiger partial charge in [-0.3, -0.25) is 0 Å². The number of hydrogen-bond donors (Lipinski definition) is 7. The molecule has 11 nitrogen and oxygen atoms in total. The van der Waals surface area contributed by atoms with E-state index in [2.05, 4.69) is 20.8 Å². The predicted molar refractivity (Wildman–Crippen MR) is 105 cm³/mol. The molecule has 178 valence electrons. The lowest BCUT2D eigenvalue weighted by Gasteiger charge is -2.43. The van der Waals surface area contributed by atoms with Crippen LogP contribution in [0.4, 0.5) is 0 Å². The Bertz CT molecular complexity index is 557. The molecule has 10 atom stereocenters. The summed E-state index contributed by atoms with van der Waals surface area (Å²) in [6.45, 7) is 9.75. The van der Waals surface area contributed by atoms with Gasteiger partial charge in [0.15, 0.2) is 20.9 Å². The second-order valence-corrected chi connectivity index (χ2v) is 14.3. The van der Waals surface area contributed by atoms with E-state index in [-0.39, 0.29) is 11.6 Å². The summed E-state index contributed by atoms with van der Waals surface area (Å²) in [6.07, 6.45) is -14.8. The minimum Gasteiger partial charge on any atom is -0.414 e. The third kappa shape index (κ3) is 5.57. The van der Waals surface area contributed by atoms with Crippen molar-refractivity contribution in [2.45, 2.75) is 100 Å². The highest BCUT2D eigenvalue weighted by molar-refractivity contribution is 6.74. The zero-order valence-electron chi connectivity index (χ0n) is 18.0. The molecule has 2 heterocycles. The van der Waals surface area contributed by atoms with Gasteiger partial charge in [0.05, 0.1) is 13.2 Å². The summed E-state index contributed by atoms with van der Waals surface area (Å²) in [6, 6.07) is 0. The normalized spacial score (nSPS) is 43.6. The zero-order valence-corrected chi connectivity index (χ0v) is 19.0. The average molecular weight is 457 g/mol. The molecule has 0 aromatic rings. The number of rotatable bonds is 6. The Morgan fingerprint density at radius 3 is 1.73 bits per heavy atom. The van der Waals surface area contributed by atoms with Crippen molar-refractivity contribution in [1.82, 2.24) is 0 Å². The van der Waals surface area contributed by atoms with E-state index in [0.29, 0.717) is 0 Å². The van der Waals surface area contributed by atoms with Gasteiger partial charge in [-0.15, -0.1) is 0 Å². The number of ether oxygens (including phenoxy) is 3. The van der Waals surface area contributed by atoms with Crippen LogP contribution < -0.4 is 0 Å². The summed E-state index contributed by atoms with van der Waals surface area (Å²) < 4.78 is 22.1. The molecule has 2 fully saturated rings. The van der Waals surface area contributed by atoms with Crippen molar-refractivity contribution in [3.8, 4) is 0 Å². The highest BCUT2D eigenvalue weighted by atomic mass is 28.4. The molecule has 0 unspecified atom stereocenters. The Labute approximate surface area is 176 Å². The van der Waals surface area contributed by atoms with Crippen LogP contribution in [0.1, 0.15) is 20.8 Å². The molecule has 2 aliphatic rings. The van der Waals surface area contributed by atoms with Crippen molar-refractivity contribution in [1.29, 1.82) is 0 Å². The van der Waals surface area contributed by atoms with Crippen LogP contribution in [0.25, 0.3) is 0 Å². The van der Waals surface area contributed by atoms with Crippen LogP contribution in [-0.2, 0) is 18.6 Å². The first-order valence-corrected chi connectivity index (χ1v) is 12.9. The molecule has 0 radical (unpaired) electrons. The molecule has 0 bridgehead atoms. The lowest BCUT2D eigenvalue weighted by molar-refractivity contribution is -0.325. The number of aliphatic hydroxyl groups excluding tert-OH is 7. The van der Waals surface area contributed by atoms with Crippen LogP contribution in [0.3, 0.4) is 0 Å². The zero-order chi connectivity index (χ0) is 23.0. The van der Waals surface area contributed by atoms with E-state index in [1.54, 1.807) is 0 Å². The second kappa shape index (κ2) is 9.73. The highest BCUT2D eigenvalue weighted by Gasteiger charge is 2.48. The first-order chi connectivity index (χ1) is 13.7. The Hall–Kier alpha value is -0.223. The topological polar surface area (TPSA) is 179 Å². The quantitative estimate of drug-likeness (QED) is 0.212. The van der Waals surface area contributed by atoms with Crippen molar-refractivity contribution in [2.75, 3.05) is 13.2 Å². The third-order valence-electron chi connectivity index (χ3n) is 6.20. The molecule has 0 aliphatic carbocycles. The van der Waals surface area contributed by atoms with E-state index in [1.165, 1.54) is 0 Å². The third-order valence-corrected chi connectivity index (χ3v) is 10.7. The highest BCUT2D eigenvalue weighted by Crippen LogP contribution is 2.37. The molecule has 2 aliphatic heterocycles. The van der Waals surface area contributed by atoms with Gasteiger partial charge in [0, 0.05) is 0 Å². The summed E-state index contributed by atoms with van der Waals surface area (Å²) >= 11 is 0. The monoisotopic (exact) mass is 456 g/mol. The Kier molecular flexibility index (Phi) is 8.44. The van der Waals surface area contributed by atoms with Crippen LogP contribution in [0.5, 0.6) is 0 Å². The van der Waals surface area contributed by atoms with Crippen LogP contribution in [0.15, 0.2) is 0 Å². The Morgan fingerprint density at radius 2 is 1.20 bits per heavy atom. The minimum atomic E-state index is -2.16. The summed E-state index contributed by atoms with van der Waals surface area (Å²) in [5.74, 6) is 0. The van der Waals surface area contributed by atoms with Gasteiger partial charge in [-0.05, 0) is 18.1 Å². The fourth-order valence-electron chi connectivity index (χ4n) is 2.96. The Balaban J connectivity index is 1.99. The maximum absolute atomic E-state index is 10.3. The lowest BCUT2D eigenvalue weighted by Crippen LogP contribution is -2.62. The molecule has 30 heavy (non-hydrogen) atoms. The lowest BCUT2D eigenvalue weighted by atomic mass is 9.98. The van der Waals surface area contributed by atoms with E-state index in [1.807, 2.05) is 13.1 Å². The second-order valence-electron chi connectivity index (χ2n) is 9.46. The summed E-state index contributed by atoms with van der Waals surface area (Å²) in [5.41, 5.74) is 0. The molecule has 0 amide bonds. The van der Waals surface area contributed by atoms with E-state index in [0.717, 1.165) is 0 Å². The van der Waals surface area contributed by atoms with Crippen LogP contribution in [0, 0.1) is 0 Å². The van der Waals surface area contributed by atoms with Crippen molar-refractivity contribution in [2.24, 2.45) is 0 Å². The first kappa shape index (κ1) is 26.0. The van der Waals surface area contributed by atoms with E-state index >= 15 is 0 Å². The van der Waals surface area contributed by atoms with Gasteiger partial charge in [-0.1, -0.05) is 20.8 Å². The standard InChI is InChI=1S/C18H36O11Si/c1-18(2,3)30(4,5)27-7-9-11(20)13(22)15(24)17(29-9)26-6-8-10(19)12(21)14(23)16(25)28-8/h8-17,19-25H,6-7H2,1-5H3/t8-,9-,10-,11-,12+,13+,14+,15+,16+,17+/m0/s1. The minimum absolute atomic E-state index is 0.0204. The fraction of sp³-hybridized carbons (Fsp3) is 1.00. The van der Waals surface area contributed by atoms with E-state index < -0.39 is 76.3 Å². The van der Waals surface area contributed by atoms with Gasteiger partial charge in [0.25, 0.3) is 0 Å².